The Labute approximate surface area is 326 Å². The molecule has 3 rings (SSSR count). The van der Waals surface area contributed by atoms with Crippen molar-refractivity contribution in [3.8, 4) is 17.6 Å². The van der Waals surface area contributed by atoms with Gasteiger partial charge in [0.15, 0.2) is 8.32 Å². The Morgan fingerprint density at radius 1 is 1.15 bits per heavy atom. The van der Waals surface area contributed by atoms with Crippen LogP contribution >= 0.6 is 0 Å². The van der Waals surface area contributed by atoms with E-state index in [2.05, 4.69) is 103 Å². The van der Waals surface area contributed by atoms with Crippen LogP contribution in [-0.2, 0) is 34.8 Å². The van der Waals surface area contributed by atoms with Crippen LogP contribution in [0.15, 0.2) is 84.5 Å². The van der Waals surface area contributed by atoms with Gasteiger partial charge in [-0.05, 0) is 87.2 Å². The lowest BCUT2D eigenvalue weighted by molar-refractivity contribution is -0.130. The molecule has 0 fully saturated rings. The summed E-state index contributed by atoms with van der Waals surface area (Å²) in [6.07, 6.45) is 19.2. The normalized spacial score (nSPS) is 21.6. The van der Waals surface area contributed by atoms with Gasteiger partial charge in [-0.2, -0.15) is 0 Å². The van der Waals surface area contributed by atoms with E-state index in [1.54, 1.807) is 14.2 Å². The molecule has 1 aromatic carbocycles. The summed E-state index contributed by atoms with van der Waals surface area (Å²) in [5, 5.41) is 8.89. The second-order valence-corrected chi connectivity index (χ2v) is 21.0. The highest BCUT2D eigenvalue weighted by atomic mass is 28.4. The maximum Gasteiger partial charge on any atom is 0.381 e. The fraction of sp³-hybridized carbons (Fsp3) is 0.578. The zero-order chi connectivity index (χ0) is 39.7. The van der Waals surface area contributed by atoms with Gasteiger partial charge >= 0.3 is 5.97 Å². The van der Waals surface area contributed by atoms with Crippen LogP contribution in [0.5, 0.6) is 5.75 Å². The number of hydrogen-bond acceptors (Lipinski definition) is 7. The highest BCUT2D eigenvalue weighted by molar-refractivity contribution is 6.74. The van der Waals surface area contributed by atoms with Gasteiger partial charge in [-0.1, -0.05) is 106 Å². The second-order valence-electron chi connectivity index (χ2n) is 16.3. The number of rotatable bonds is 20. The Morgan fingerprint density at radius 3 is 2.54 bits per heavy atom. The molecule has 0 amide bonds. The molecule has 7 atom stereocenters. The summed E-state index contributed by atoms with van der Waals surface area (Å²) in [5.41, 5.74) is 3.53. The molecule has 2 aliphatic rings. The SMILES string of the molecule is C=C(CC(C=CC[C@H](OCc1ccc(OC)cc1)[C@H](C=C[C@@H]1CC(C)=CCO1)OC)O[Si](C)(C)C(C)(C)C)C[C@H](C)C[C@@H]1CC=C[C@@H](CC#CC(=O)O)O1. The number of carboxylic acids is 1. The van der Waals surface area contributed by atoms with Gasteiger partial charge in [0.25, 0.3) is 0 Å². The fourth-order valence-electron chi connectivity index (χ4n) is 6.39. The average Bonchev–Trinajstić information content (AvgIpc) is 3.10. The molecule has 1 N–H and O–H groups in total. The van der Waals surface area contributed by atoms with Crippen LogP contribution in [-0.4, -0.2) is 76.8 Å². The third-order valence-corrected chi connectivity index (χ3v) is 14.9. The van der Waals surface area contributed by atoms with Gasteiger partial charge in [-0.15, -0.1) is 0 Å². The molecule has 2 heterocycles. The summed E-state index contributed by atoms with van der Waals surface area (Å²) in [6.45, 7) is 21.3. The molecule has 54 heavy (non-hydrogen) atoms. The highest BCUT2D eigenvalue weighted by Crippen LogP contribution is 2.38. The zero-order valence-electron chi connectivity index (χ0n) is 34.3. The molecule has 0 aliphatic carbocycles. The number of hydrogen-bond donors (Lipinski definition) is 1. The lowest BCUT2D eigenvalue weighted by Crippen LogP contribution is -2.43. The molecule has 8 nitrogen and oxygen atoms in total. The van der Waals surface area contributed by atoms with E-state index in [4.69, 9.17) is 33.2 Å². The molecule has 9 heteroatoms. The van der Waals surface area contributed by atoms with E-state index in [0.29, 0.717) is 32.0 Å². The van der Waals surface area contributed by atoms with Crippen molar-refractivity contribution in [1.82, 2.24) is 0 Å². The maximum atomic E-state index is 10.8. The first-order valence-electron chi connectivity index (χ1n) is 19.4. The minimum atomic E-state index is -2.11. The minimum absolute atomic E-state index is 0.0156. The Hall–Kier alpha value is -3.23. The van der Waals surface area contributed by atoms with Crippen molar-refractivity contribution in [3.63, 3.8) is 0 Å². The Balaban J connectivity index is 1.72. The Kier molecular flexibility index (Phi) is 18.7. The van der Waals surface area contributed by atoms with Gasteiger partial charge in [0.1, 0.15) is 11.9 Å². The van der Waals surface area contributed by atoms with Crippen LogP contribution < -0.4 is 4.74 Å². The fourth-order valence-corrected chi connectivity index (χ4v) is 7.67. The van der Waals surface area contributed by atoms with E-state index in [0.717, 1.165) is 49.0 Å². The Morgan fingerprint density at radius 2 is 1.89 bits per heavy atom. The predicted octanol–water partition coefficient (Wildman–Crippen LogP) is 9.78. The highest BCUT2D eigenvalue weighted by Gasteiger charge is 2.39. The summed E-state index contributed by atoms with van der Waals surface area (Å²) in [6, 6.07) is 7.95. The van der Waals surface area contributed by atoms with Crippen molar-refractivity contribution in [2.24, 2.45) is 5.92 Å². The summed E-state index contributed by atoms with van der Waals surface area (Å²) in [7, 11) is 1.28. The monoisotopic (exact) mass is 762 g/mol. The number of carbonyl (C=O) groups is 1. The van der Waals surface area contributed by atoms with Crippen LogP contribution in [0.3, 0.4) is 0 Å². The first-order valence-corrected chi connectivity index (χ1v) is 22.3. The van der Waals surface area contributed by atoms with Gasteiger partial charge in [-0.3, -0.25) is 0 Å². The van der Waals surface area contributed by atoms with E-state index in [1.807, 2.05) is 30.3 Å². The van der Waals surface area contributed by atoms with Crippen LogP contribution in [0.2, 0.25) is 18.1 Å². The number of carboxylic acid groups (broad SMARTS) is 1. The predicted molar refractivity (Wildman–Crippen MR) is 220 cm³/mol. The van der Waals surface area contributed by atoms with E-state index in [-0.39, 0.29) is 41.7 Å². The molecule has 0 radical (unpaired) electrons. The number of benzene rings is 1. The lowest BCUT2D eigenvalue weighted by atomic mass is 9.91. The molecule has 298 valence electrons. The number of aliphatic carboxylic acids is 1. The molecule has 1 aromatic rings. The van der Waals surface area contributed by atoms with Gasteiger partial charge in [0.2, 0.25) is 0 Å². The van der Waals surface area contributed by atoms with Crippen molar-refractivity contribution in [1.29, 1.82) is 0 Å². The molecule has 1 unspecified atom stereocenters. The molecule has 0 saturated heterocycles. The molecule has 0 saturated carbocycles. The van der Waals surface area contributed by atoms with Crippen LogP contribution in [0, 0.1) is 17.8 Å². The molecule has 0 bridgehead atoms. The smallest absolute Gasteiger partial charge is 0.381 e. The largest absolute Gasteiger partial charge is 0.497 e. The standard InChI is InChI=1S/C45H66O8Si/c1-33-26-27-50-39(29-33)24-25-42(49-8)43(51-32-36-20-22-37(48-7)23-21-36)18-12-17-41(53-54(9,10)45(4,5)6)31-35(3)28-34(2)30-40-16-11-14-38(52-40)15-13-19-44(46)47/h11-12,14,17,20-26,34,38-43H,3,15-16,18,27-32H2,1-2,4-10H3,(H,46,47)/t34-,38-,39+,40-,41?,42-,43-/m0/s1. The van der Waals surface area contributed by atoms with Gasteiger partial charge in [0.05, 0.1) is 50.8 Å². The molecular weight excluding hydrogens is 697 g/mol. The zero-order valence-corrected chi connectivity index (χ0v) is 35.3. The van der Waals surface area contributed by atoms with Crippen molar-refractivity contribution in [2.45, 2.75) is 141 Å². The van der Waals surface area contributed by atoms with Crippen LogP contribution in [0.1, 0.15) is 85.1 Å². The molecular formula is C45H66O8Si. The number of methoxy groups -OCH3 is 2. The maximum absolute atomic E-state index is 10.8. The quantitative estimate of drug-likeness (QED) is 0.0798. The van der Waals surface area contributed by atoms with E-state index >= 15 is 0 Å². The third-order valence-electron chi connectivity index (χ3n) is 10.4. The van der Waals surface area contributed by atoms with Crippen molar-refractivity contribution < 1.29 is 38.0 Å². The molecule has 0 aromatic heterocycles. The first-order chi connectivity index (χ1) is 25.6. The first kappa shape index (κ1) is 45.2. The minimum Gasteiger partial charge on any atom is -0.497 e. The topological polar surface area (TPSA) is 92.7 Å². The second kappa shape index (κ2) is 22.4. The summed E-state index contributed by atoms with van der Waals surface area (Å²) < 4.78 is 37.2. The average molecular weight is 763 g/mol. The Bertz CT molecular complexity index is 1510. The van der Waals surface area contributed by atoms with Crippen molar-refractivity contribution >= 4 is 14.3 Å². The molecule has 2 aliphatic heterocycles. The van der Waals surface area contributed by atoms with Crippen molar-refractivity contribution in [2.75, 3.05) is 20.8 Å². The van der Waals surface area contributed by atoms with Gasteiger partial charge in [-0.25, -0.2) is 4.79 Å². The van der Waals surface area contributed by atoms with Crippen LogP contribution in [0.4, 0.5) is 0 Å². The molecule has 0 spiro atoms. The van der Waals surface area contributed by atoms with E-state index in [1.165, 1.54) is 5.57 Å². The summed E-state index contributed by atoms with van der Waals surface area (Å²) >= 11 is 0. The van der Waals surface area contributed by atoms with Crippen molar-refractivity contribution in [3.05, 3.63) is 90.1 Å². The number of ether oxygens (including phenoxy) is 5. The van der Waals surface area contributed by atoms with Gasteiger partial charge in [0, 0.05) is 19.5 Å². The van der Waals surface area contributed by atoms with E-state index in [9.17, 15) is 4.79 Å². The summed E-state index contributed by atoms with van der Waals surface area (Å²) in [5.74, 6) is 4.93. The van der Waals surface area contributed by atoms with E-state index < -0.39 is 14.3 Å². The lowest BCUT2D eigenvalue weighted by Gasteiger charge is -2.39. The van der Waals surface area contributed by atoms with Gasteiger partial charge < -0.3 is 33.2 Å². The van der Waals surface area contributed by atoms with Crippen LogP contribution in [0.25, 0.3) is 0 Å². The summed E-state index contributed by atoms with van der Waals surface area (Å²) in [4.78, 5) is 10.8. The third kappa shape index (κ3) is 16.2.